The minimum atomic E-state index is -1.17. The molecule has 10 N–H and O–H groups in total. The van der Waals surface area contributed by atoms with Gasteiger partial charge in [0.05, 0.1) is 0 Å². The molecule has 11 nitrogen and oxygen atoms in total. The fraction of sp³-hybridized carbons (Fsp3) is 0.500. The topological polar surface area (TPSA) is 227 Å². The monoisotopic (exact) mass is 443 g/mol. The number of carboxylic acid groups (broad SMARTS) is 4. The van der Waals surface area contributed by atoms with Crippen molar-refractivity contribution in [2.75, 3.05) is 0 Å². The minimum Gasteiger partial charge on any atom is -0.481 e. The molecule has 0 aliphatic heterocycles. The molecule has 0 amide bonds. The Morgan fingerprint density at radius 1 is 0.839 bits per heavy atom. The van der Waals surface area contributed by atoms with Crippen molar-refractivity contribution in [3.63, 3.8) is 0 Å². The van der Waals surface area contributed by atoms with Crippen molar-refractivity contribution < 1.29 is 39.6 Å². The van der Waals surface area contributed by atoms with Crippen LogP contribution in [0.2, 0.25) is 0 Å². The van der Waals surface area contributed by atoms with Gasteiger partial charge in [-0.2, -0.15) is 0 Å². The summed E-state index contributed by atoms with van der Waals surface area (Å²) in [4.78, 5) is 40.4. The van der Waals surface area contributed by atoms with E-state index in [2.05, 4.69) is 0 Å². The zero-order valence-corrected chi connectivity index (χ0v) is 17.7. The molecule has 1 aromatic carbocycles. The van der Waals surface area contributed by atoms with Gasteiger partial charge in [0.2, 0.25) is 0 Å². The lowest BCUT2D eigenvalue weighted by Crippen LogP contribution is -2.36. The molecule has 11 heteroatoms. The number of hydrogen-bond acceptors (Lipinski definition) is 7. The lowest BCUT2D eigenvalue weighted by atomic mass is 10.0. The summed E-state index contributed by atoms with van der Waals surface area (Å²) in [5, 5.41) is 33.1. The van der Waals surface area contributed by atoms with Gasteiger partial charge in [-0.1, -0.05) is 50.6 Å². The van der Waals surface area contributed by atoms with E-state index in [0.717, 1.165) is 12.0 Å². The highest BCUT2D eigenvalue weighted by atomic mass is 16.4. The van der Waals surface area contributed by atoms with Crippen LogP contribution >= 0.6 is 0 Å². The van der Waals surface area contributed by atoms with Gasteiger partial charge >= 0.3 is 23.9 Å². The number of carbonyl (C=O) groups is 4. The first-order valence-electron chi connectivity index (χ1n) is 9.54. The van der Waals surface area contributed by atoms with Crippen LogP contribution in [0.1, 0.15) is 38.7 Å². The standard InChI is InChI=1S/C9H11NO2.C6H13NO2.C5H9NO4/c10-8(9(11)12)6-7-4-2-1-3-5-7;1-3-4(2)5(7)6(8)9;6-3(5(9)10)1-2-4(7)8/h1-5,8H,6,10H2,(H,11,12);4-5H,3,7H2,1-2H3,(H,8,9);3H,1-2,6H2,(H,7,8)(H,9,10). The van der Waals surface area contributed by atoms with E-state index in [1.807, 2.05) is 44.2 Å². The van der Waals surface area contributed by atoms with Gasteiger partial charge < -0.3 is 37.6 Å². The van der Waals surface area contributed by atoms with E-state index in [0.29, 0.717) is 6.42 Å². The molecule has 4 unspecified atom stereocenters. The van der Waals surface area contributed by atoms with E-state index in [-0.39, 0.29) is 18.8 Å². The Morgan fingerprint density at radius 3 is 1.65 bits per heavy atom. The zero-order valence-electron chi connectivity index (χ0n) is 17.7. The molecule has 31 heavy (non-hydrogen) atoms. The molecule has 1 aromatic rings. The highest BCUT2D eigenvalue weighted by Crippen LogP contribution is 2.04. The van der Waals surface area contributed by atoms with Crippen molar-refractivity contribution in [3.05, 3.63) is 35.9 Å². The van der Waals surface area contributed by atoms with Crippen molar-refractivity contribution in [1.29, 1.82) is 0 Å². The summed E-state index contributed by atoms with van der Waals surface area (Å²) in [6, 6.07) is 6.79. The van der Waals surface area contributed by atoms with E-state index in [4.69, 9.17) is 37.6 Å². The lowest BCUT2D eigenvalue weighted by molar-refractivity contribution is -0.141. The fourth-order valence-corrected chi connectivity index (χ4v) is 1.86. The SMILES string of the molecule is CCC(C)C(N)C(=O)O.NC(CCC(=O)O)C(=O)O.NC(Cc1ccccc1)C(=O)O. The van der Waals surface area contributed by atoms with Gasteiger partial charge in [-0.3, -0.25) is 19.2 Å². The smallest absolute Gasteiger partial charge is 0.320 e. The Labute approximate surface area is 180 Å². The molecule has 0 aliphatic rings. The molecule has 4 atom stereocenters. The number of rotatable bonds is 10. The molecule has 0 radical (unpaired) electrons. The van der Waals surface area contributed by atoms with Crippen LogP contribution in [-0.4, -0.2) is 62.4 Å². The Morgan fingerprint density at radius 2 is 1.32 bits per heavy atom. The summed E-state index contributed by atoms with van der Waals surface area (Å²) in [6.07, 6.45) is 0.974. The second-order valence-electron chi connectivity index (χ2n) is 6.76. The predicted molar refractivity (Wildman–Crippen MR) is 113 cm³/mol. The van der Waals surface area contributed by atoms with Gasteiger partial charge in [0.25, 0.3) is 0 Å². The Hall–Kier alpha value is -3.02. The maximum atomic E-state index is 10.4. The van der Waals surface area contributed by atoms with E-state index in [9.17, 15) is 19.2 Å². The molecule has 0 aromatic heterocycles. The summed E-state index contributed by atoms with van der Waals surface area (Å²) < 4.78 is 0. The van der Waals surface area contributed by atoms with Crippen molar-refractivity contribution in [2.24, 2.45) is 23.1 Å². The van der Waals surface area contributed by atoms with E-state index >= 15 is 0 Å². The Bertz CT molecular complexity index is 684. The third-order valence-electron chi connectivity index (χ3n) is 4.14. The predicted octanol–water partition coefficient (Wildman–Crippen LogP) is 0.349. The lowest BCUT2D eigenvalue weighted by Gasteiger charge is -2.11. The number of hydrogen-bond donors (Lipinski definition) is 7. The van der Waals surface area contributed by atoms with E-state index in [1.54, 1.807) is 0 Å². The summed E-state index contributed by atoms with van der Waals surface area (Å²) in [7, 11) is 0. The van der Waals surface area contributed by atoms with Crippen LogP contribution in [0.5, 0.6) is 0 Å². The van der Waals surface area contributed by atoms with Crippen LogP contribution < -0.4 is 17.2 Å². The number of benzene rings is 1. The second-order valence-corrected chi connectivity index (χ2v) is 6.76. The van der Waals surface area contributed by atoms with Crippen molar-refractivity contribution in [3.8, 4) is 0 Å². The largest absolute Gasteiger partial charge is 0.481 e. The van der Waals surface area contributed by atoms with Crippen LogP contribution in [0.4, 0.5) is 0 Å². The van der Waals surface area contributed by atoms with Crippen molar-refractivity contribution in [2.45, 2.75) is 57.7 Å². The Kier molecular flexibility index (Phi) is 16.3. The fourth-order valence-electron chi connectivity index (χ4n) is 1.86. The molecule has 1 rings (SSSR count). The highest BCUT2D eigenvalue weighted by Gasteiger charge is 2.17. The van der Waals surface area contributed by atoms with Crippen molar-refractivity contribution >= 4 is 23.9 Å². The van der Waals surface area contributed by atoms with Gasteiger partial charge in [-0.25, -0.2) is 0 Å². The number of carboxylic acids is 4. The first-order chi connectivity index (χ1) is 14.3. The highest BCUT2D eigenvalue weighted by molar-refractivity contribution is 5.75. The summed E-state index contributed by atoms with van der Waals surface area (Å²) in [6.45, 7) is 3.76. The van der Waals surface area contributed by atoms with Crippen LogP contribution in [0.25, 0.3) is 0 Å². The molecule has 176 valence electrons. The summed E-state index contributed by atoms with van der Waals surface area (Å²) in [5.74, 6) is -4.00. The first kappa shape index (κ1) is 30.2. The maximum Gasteiger partial charge on any atom is 0.320 e. The van der Waals surface area contributed by atoms with Gasteiger partial charge in [-0.05, 0) is 24.3 Å². The second kappa shape index (κ2) is 16.7. The average molecular weight is 443 g/mol. The quantitative estimate of drug-likeness (QED) is 0.261. The minimum absolute atomic E-state index is 0.0231. The average Bonchev–Trinajstić information content (AvgIpc) is 2.72. The van der Waals surface area contributed by atoms with Crippen LogP contribution in [0.3, 0.4) is 0 Å². The van der Waals surface area contributed by atoms with Gasteiger partial charge in [0.1, 0.15) is 18.1 Å². The third kappa shape index (κ3) is 16.5. The summed E-state index contributed by atoms with van der Waals surface area (Å²) in [5.41, 5.74) is 16.6. The molecular formula is C20H33N3O8. The van der Waals surface area contributed by atoms with Crippen LogP contribution in [0, 0.1) is 5.92 Å². The van der Waals surface area contributed by atoms with Crippen LogP contribution in [-0.2, 0) is 25.6 Å². The third-order valence-corrected chi connectivity index (χ3v) is 4.14. The molecule has 0 bridgehead atoms. The number of nitrogens with two attached hydrogens (primary N) is 3. The van der Waals surface area contributed by atoms with Gasteiger partial charge in [-0.15, -0.1) is 0 Å². The molecular weight excluding hydrogens is 410 g/mol. The molecule has 0 spiro atoms. The molecule has 0 fully saturated rings. The Balaban J connectivity index is 0. The van der Waals surface area contributed by atoms with Gasteiger partial charge in [0, 0.05) is 6.42 Å². The molecule has 0 saturated heterocycles. The van der Waals surface area contributed by atoms with Crippen LogP contribution in [0.15, 0.2) is 30.3 Å². The molecule has 0 aliphatic carbocycles. The zero-order chi connectivity index (χ0) is 24.6. The van der Waals surface area contributed by atoms with E-state index in [1.165, 1.54) is 0 Å². The maximum absolute atomic E-state index is 10.4. The van der Waals surface area contributed by atoms with E-state index < -0.39 is 42.0 Å². The summed E-state index contributed by atoms with van der Waals surface area (Å²) >= 11 is 0. The normalized spacial score (nSPS) is 13.7. The van der Waals surface area contributed by atoms with Crippen molar-refractivity contribution in [1.82, 2.24) is 0 Å². The van der Waals surface area contributed by atoms with Gasteiger partial charge in [0.15, 0.2) is 0 Å². The number of aliphatic carboxylic acids is 4. The molecule has 0 saturated carbocycles. The first-order valence-corrected chi connectivity index (χ1v) is 9.54. The molecule has 0 heterocycles.